The minimum absolute atomic E-state index is 0.348. The lowest BCUT2D eigenvalue weighted by molar-refractivity contribution is -0.141. The topological polar surface area (TPSA) is 159 Å². The molecule has 120 valence electrons. The Labute approximate surface area is 122 Å². The third kappa shape index (κ3) is 4.13. The number of rotatable bonds is 6. The number of nitrogens with zero attached hydrogens (tertiary/aromatic N) is 1. The highest BCUT2D eigenvalue weighted by Crippen LogP contribution is 2.18. The fraction of sp³-hybridized carbons (Fsp3) is 0.750. The summed E-state index contributed by atoms with van der Waals surface area (Å²) in [7, 11) is 0. The van der Waals surface area contributed by atoms with Gasteiger partial charge in [-0.1, -0.05) is 0 Å². The summed E-state index contributed by atoms with van der Waals surface area (Å²) in [4.78, 5) is 36.6. The second-order valence-electron chi connectivity index (χ2n) is 5.11. The van der Waals surface area contributed by atoms with Crippen LogP contribution in [0.1, 0.15) is 19.8 Å². The lowest BCUT2D eigenvalue weighted by Gasteiger charge is -2.28. The van der Waals surface area contributed by atoms with Crippen LogP contribution in [0.2, 0.25) is 0 Å². The van der Waals surface area contributed by atoms with Gasteiger partial charge in [-0.25, -0.2) is 0 Å². The van der Waals surface area contributed by atoms with Crippen molar-refractivity contribution in [2.45, 2.75) is 44.0 Å². The molecule has 0 aromatic heterocycles. The van der Waals surface area contributed by atoms with Gasteiger partial charge in [0.15, 0.2) is 0 Å². The van der Waals surface area contributed by atoms with E-state index in [0.29, 0.717) is 19.4 Å². The van der Waals surface area contributed by atoms with Crippen LogP contribution >= 0.6 is 0 Å². The summed E-state index contributed by atoms with van der Waals surface area (Å²) in [6.07, 6.45) is -0.115. The molecule has 0 aliphatic carbocycles. The quantitative estimate of drug-likeness (QED) is 0.345. The first-order valence-electron chi connectivity index (χ1n) is 6.74. The maximum absolute atomic E-state index is 12.2. The third-order valence-corrected chi connectivity index (χ3v) is 3.44. The van der Waals surface area contributed by atoms with E-state index in [2.05, 4.69) is 5.32 Å². The number of carbonyl (C=O) groups is 3. The number of primary amides is 1. The van der Waals surface area contributed by atoms with E-state index in [9.17, 15) is 19.5 Å². The van der Waals surface area contributed by atoms with Crippen LogP contribution in [-0.2, 0) is 14.4 Å². The molecule has 0 aromatic rings. The number of aliphatic hydroxyl groups excluding tert-OH is 2. The van der Waals surface area contributed by atoms with Crippen LogP contribution in [0, 0.1) is 0 Å². The Bertz CT molecular complexity index is 414. The largest absolute Gasteiger partial charge is 0.394 e. The molecule has 3 amide bonds. The zero-order valence-electron chi connectivity index (χ0n) is 11.9. The summed E-state index contributed by atoms with van der Waals surface area (Å²) in [5, 5.41) is 20.7. The van der Waals surface area contributed by atoms with Crippen molar-refractivity contribution in [3.8, 4) is 0 Å². The van der Waals surface area contributed by atoms with E-state index in [1.807, 2.05) is 0 Å². The number of carbonyl (C=O) groups excluding carboxylic acids is 3. The average Bonchev–Trinajstić information content (AvgIpc) is 2.91. The van der Waals surface area contributed by atoms with Crippen molar-refractivity contribution in [1.29, 1.82) is 0 Å². The Balaban J connectivity index is 2.76. The Morgan fingerprint density at radius 2 is 2.05 bits per heavy atom. The molecule has 0 unspecified atom stereocenters. The zero-order valence-corrected chi connectivity index (χ0v) is 11.9. The zero-order chi connectivity index (χ0) is 16.2. The molecule has 9 heteroatoms. The second kappa shape index (κ2) is 7.34. The highest BCUT2D eigenvalue weighted by atomic mass is 16.3. The number of nitrogens with one attached hydrogen (secondary N) is 1. The Morgan fingerprint density at radius 3 is 2.52 bits per heavy atom. The van der Waals surface area contributed by atoms with Crippen LogP contribution in [0.15, 0.2) is 0 Å². The SMILES string of the molecule is C[C@@H](O)[C@H](NC(=O)[C@@H]1CCCN1C(=O)[C@@H](N)CO)C(N)=O. The van der Waals surface area contributed by atoms with Gasteiger partial charge in [-0.15, -0.1) is 0 Å². The fourth-order valence-corrected chi connectivity index (χ4v) is 2.27. The molecule has 1 saturated heterocycles. The van der Waals surface area contributed by atoms with Gasteiger partial charge in [0.05, 0.1) is 12.7 Å². The summed E-state index contributed by atoms with van der Waals surface area (Å²) in [5.74, 6) is -1.96. The van der Waals surface area contributed by atoms with Crippen molar-refractivity contribution in [1.82, 2.24) is 10.2 Å². The first-order valence-corrected chi connectivity index (χ1v) is 6.74. The lowest BCUT2D eigenvalue weighted by atomic mass is 10.1. The normalized spacial score (nSPS) is 22.5. The second-order valence-corrected chi connectivity index (χ2v) is 5.11. The molecule has 7 N–H and O–H groups in total. The Morgan fingerprint density at radius 1 is 1.43 bits per heavy atom. The first-order chi connectivity index (χ1) is 9.79. The summed E-state index contributed by atoms with van der Waals surface area (Å²) >= 11 is 0. The molecule has 21 heavy (non-hydrogen) atoms. The number of aliphatic hydroxyl groups is 2. The van der Waals surface area contributed by atoms with E-state index >= 15 is 0 Å². The van der Waals surface area contributed by atoms with Gasteiger partial charge >= 0.3 is 0 Å². The number of amides is 3. The third-order valence-electron chi connectivity index (χ3n) is 3.44. The van der Waals surface area contributed by atoms with Crippen molar-refractivity contribution in [2.75, 3.05) is 13.2 Å². The lowest BCUT2D eigenvalue weighted by Crippen LogP contribution is -2.57. The van der Waals surface area contributed by atoms with Crippen molar-refractivity contribution in [3.05, 3.63) is 0 Å². The molecular weight excluding hydrogens is 280 g/mol. The molecule has 0 spiro atoms. The molecule has 1 aliphatic rings. The van der Waals surface area contributed by atoms with Gasteiger partial charge in [-0.05, 0) is 19.8 Å². The summed E-state index contributed by atoms with van der Waals surface area (Å²) in [6, 6.07) is -3.08. The van der Waals surface area contributed by atoms with Crippen LogP contribution in [-0.4, -0.2) is 70.2 Å². The number of hydrogen-bond donors (Lipinski definition) is 5. The van der Waals surface area contributed by atoms with E-state index in [1.54, 1.807) is 0 Å². The molecule has 0 aromatic carbocycles. The van der Waals surface area contributed by atoms with Gasteiger partial charge in [-0.3, -0.25) is 14.4 Å². The van der Waals surface area contributed by atoms with Crippen LogP contribution in [0.25, 0.3) is 0 Å². The number of likely N-dealkylation sites (tertiary alicyclic amines) is 1. The van der Waals surface area contributed by atoms with Gasteiger partial charge in [-0.2, -0.15) is 0 Å². The van der Waals surface area contributed by atoms with Gasteiger partial charge < -0.3 is 31.9 Å². The molecule has 0 bridgehead atoms. The van der Waals surface area contributed by atoms with Gasteiger partial charge in [0.2, 0.25) is 17.7 Å². The molecule has 0 radical (unpaired) electrons. The van der Waals surface area contributed by atoms with Crippen LogP contribution in [0.4, 0.5) is 0 Å². The van der Waals surface area contributed by atoms with Crippen molar-refractivity contribution >= 4 is 17.7 Å². The predicted octanol–water partition coefficient (Wildman–Crippen LogP) is -3.35. The van der Waals surface area contributed by atoms with Crippen LogP contribution < -0.4 is 16.8 Å². The van der Waals surface area contributed by atoms with E-state index in [-0.39, 0.29) is 0 Å². The summed E-state index contributed by atoms with van der Waals surface area (Å²) < 4.78 is 0. The molecule has 9 nitrogen and oxygen atoms in total. The monoisotopic (exact) mass is 302 g/mol. The van der Waals surface area contributed by atoms with Crippen LogP contribution in [0.5, 0.6) is 0 Å². The molecule has 1 aliphatic heterocycles. The van der Waals surface area contributed by atoms with E-state index < -0.39 is 48.6 Å². The van der Waals surface area contributed by atoms with Crippen molar-refractivity contribution in [3.63, 3.8) is 0 Å². The molecule has 1 fully saturated rings. The maximum Gasteiger partial charge on any atom is 0.243 e. The van der Waals surface area contributed by atoms with Crippen LogP contribution in [0.3, 0.4) is 0 Å². The van der Waals surface area contributed by atoms with E-state index in [1.165, 1.54) is 11.8 Å². The smallest absolute Gasteiger partial charge is 0.243 e. The molecule has 0 saturated carbocycles. The van der Waals surface area contributed by atoms with Crippen molar-refractivity contribution in [2.24, 2.45) is 11.5 Å². The predicted molar refractivity (Wildman–Crippen MR) is 72.6 cm³/mol. The molecular formula is C12H22N4O5. The Hall–Kier alpha value is -1.71. The number of nitrogens with two attached hydrogens (primary N) is 2. The van der Waals surface area contributed by atoms with Gasteiger partial charge in [0.1, 0.15) is 18.1 Å². The standard InChI is InChI=1S/C12H22N4O5/c1-6(18)9(10(14)19)15-11(20)8-3-2-4-16(8)12(21)7(13)5-17/h6-9,17-18H,2-5,13H2,1H3,(H2,14,19)(H,15,20)/t6-,7+,8+,9+/m1/s1. The summed E-state index contributed by atoms with van der Waals surface area (Å²) in [5.41, 5.74) is 10.6. The highest BCUT2D eigenvalue weighted by Gasteiger charge is 2.37. The average molecular weight is 302 g/mol. The molecule has 1 rings (SSSR count). The minimum Gasteiger partial charge on any atom is -0.394 e. The molecule has 1 heterocycles. The van der Waals surface area contributed by atoms with Gasteiger partial charge in [0.25, 0.3) is 0 Å². The fourth-order valence-electron chi connectivity index (χ4n) is 2.27. The molecule has 4 atom stereocenters. The van der Waals surface area contributed by atoms with Gasteiger partial charge in [0, 0.05) is 6.54 Å². The van der Waals surface area contributed by atoms with E-state index in [0.717, 1.165) is 0 Å². The first kappa shape index (κ1) is 17.3. The highest BCUT2D eigenvalue weighted by molar-refractivity contribution is 5.93. The summed E-state index contributed by atoms with van der Waals surface area (Å²) in [6.45, 7) is 1.16. The minimum atomic E-state index is -1.22. The van der Waals surface area contributed by atoms with Crippen molar-refractivity contribution < 1.29 is 24.6 Å². The number of hydrogen-bond acceptors (Lipinski definition) is 6. The maximum atomic E-state index is 12.2. The Kier molecular flexibility index (Phi) is 6.06. The van der Waals surface area contributed by atoms with E-state index in [4.69, 9.17) is 16.6 Å².